The van der Waals surface area contributed by atoms with Crippen molar-refractivity contribution in [3.63, 3.8) is 0 Å². The summed E-state index contributed by atoms with van der Waals surface area (Å²) in [6.45, 7) is 2.14. The molecule has 0 radical (unpaired) electrons. The second-order valence-electron chi connectivity index (χ2n) is 10.4. The molecule has 0 saturated heterocycles. The molecular formula is C36H27ClFIN2O5S. The van der Waals surface area contributed by atoms with Gasteiger partial charge >= 0.3 is 5.97 Å². The second kappa shape index (κ2) is 14.2. The van der Waals surface area contributed by atoms with Crippen molar-refractivity contribution in [1.29, 1.82) is 0 Å². The third kappa shape index (κ3) is 6.90. The molecule has 0 aliphatic carbocycles. The highest BCUT2D eigenvalue weighted by molar-refractivity contribution is 14.1. The van der Waals surface area contributed by atoms with Crippen LogP contribution in [0.4, 0.5) is 4.39 Å². The van der Waals surface area contributed by atoms with Crippen molar-refractivity contribution in [3.8, 4) is 11.5 Å². The Balaban J connectivity index is 1.49. The number of thiazole rings is 1. The second-order valence-corrected chi connectivity index (χ2v) is 13.0. The van der Waals surface area contributed by atoms with Crippen LogP contribution in [-0.4, -0.2) is 24.3 Å². The molecular weight excluding hydrogens is 754 g/mol. The predicted molar refractivity (Wildman–Crippen MR) is 189 cm³/mol. The van der Waals surface area contributed by atoms with Gasteiger partial charge in [-0.25, -0.2) is 14.2 Å². The van der Waals surface area contributed by atoms with E-state index in [4.69, 9.17) is 30.8 Å². The minimum atomic E-state index is -0.903. The Morgan fingerprint density at radius 2 is 1.83 bits per heavy atom. The van der Waals surface area contributed by atoms with Crippen LogP contribution in [0.2, 0.25) is 5.02 Å². The lowest BCUT2D eigenvalue weighted by Gasteiger charge is -2.25. The molecule has 238 valence electrons. The summed E-state index contributed by atoms with van der Waals surface area (Å²) in [6.07, 6.45) is 1.76. The van der Waals surface area contributed by atoms with Crippen LogP contribution >= 0.6 is 45.5 Å². The third-order valence-electron chi connectivity index (χ3n) is 7.38. The number of ether oxygens (including phenoxy) is 3. The Morgan fingerprint density at radius 3 is 2.53 bits per heavy atom. The van der Waals surface area contributed by atoms with Crippen LogP contribution in [0.15, 0.2) is 106 Å². The lowest BCUT2D eigenvalue weighted by atomic mass is 9.93. The zero-order valence-corrected chi connectivity index (χ0v) is 28.9. The molecule has 0 spiro atoms. The molecule has 11 heteroatoms. The number of methoxy groups -OCH3 is 1. The minimum absolute atomic E-state index is 0.129. The average Bonchev–Trinajstić information content (AvgIpc) is 3.38. The summed E-state index contributed by atoms with van der Waals surface area (Å²) < 4.78 is 34.0. The summed E-state index contributed by atoms with van der Waals surface area (Å²) in [6, 6.07) is 25.2. The number of aromatic nitrogens is 1. The number of fused-ring (bicyclic) bond motifs is 1. The standard InChI is InChI=1S/C36H27ClFIN2O5S/c1-3-45-35(43)30-31(23-9-5-4-6-10-23)40-36-41(32(30)24-12-14-26(38)15-13-24)34(42)29(47-36)19-22-17-27(39)33(28(18-22)44-2)46-20-21-8-7-11-25(37)16-21/h4-19,32H,3,20H2,1-2H3/b29-19-/t32-/m0/s1. The van der Waals surface area contributed by atoms with Crippen molar-refractivity contribution in [2.75, 3.05) is 13.7 Å². The van der Waals surface area contributed by atoms with Crippen LogP contribution in [0.1, 0.15) is 35.2 Å². The highest BCUT2D eigenvalue weighted by atomic mass is 127. The molecule has 0 amide bonds. The molecule has 0 N–H and O–H groups in total. The zero-order valence-electron chi connectivity index (χ0n) is 25.2. The Labute approximate surface area is 292 Å². The lowest BCUT2D eigenvalue weighted by Crippen LogP contribution is -2.40. The van der Waals surface area contributed by atoms with E-state index in [2.05, 4.69) is 22.6 Å². The molecule has 6 rings (SSSR count). The van der Waals surface area contributed by atoms with Crippen LogP contribution in [-0.2, 0) is 16.1 Å². The minimum Gasteiger partial charge on any atom is -0.493 e. The number of hydrogen-bond acceptors (Lipinski definition) is 7. The van der Waals surface area contributed by atoms with Gasteiger partial charge in [-0.05, 0) is 88.7 Å². The van der Waals surface area contributed by atoms with Gasteiger partial charge in [0.15, 0.2) is 16.3 Å². The van der Waals surface area contributed by atoms with Crippen molar-refractivity contribution < 1.29 is 23.4 Å². The third-order valence-corrected chi connectivity index (χ3v) is 9.40. The first-order chi connectivity index (χ1) is 22.8. The van der Waals surface area contributed by atoms with Crippen LogP contribution in [0.5, 0.6) is 11.5 Å². The summed E-state index contributed by atoms with van der Waals surface area (Å²) in [5.41, 5.74) is 3.08. The largest absolute Gasteiger partial charge is 0.493 e. The number of rotatable bonds is 9. The average molecular weight is 781 g/mol. The number of carbonyl (C=O) groups is 1. The number of carbonyl (C=O) groups excluding carboxylic acids is 1. The molecule has 1 atom stereocenters. The summed E-state index contributed by atoms with van der Waals surface area (Å²) in [5, 5.41) is 0.622. The maximum Gasteiger partial charge on any atom is 0.338 e. The molecule has 5 aromatic rings. The fourth-order valence-corrected chi connectivity index (χ4v) is 7.29. The monoisotopic (exact) mass is 780 g/mol. The molecule has 0 saturated carbocycles. The van der Waals surface area contributed by atoms with Gasteiger partial charge in [0.05, 0.1) is 39.1 Å². The maximum absolute atomic E-state index is 14.2. The van der Waals surface area contributed by atoms with E-state index in [-0.39, 0.29) is 17.7 Å². The summed E-state index contributed by atoms with van der Waals surface area (Å²) in [7, 11) is 1.56. The van der Waals surface area contributed by atoms with Crippen molar-refractivity contribution in [3.05, 3.63) is 153 Å². The zero-order chi connectivity index (χ0) is 33.1. The SMILES string of the molecule is CCOC(=O)C1=C(c2ccccc2)N=c2s/c(=C\c3cc(I)c(OCc4cccc(Cl)c4)c(OC)c3)c(=O)n2[C@H]1c1ccc(F)cc1. The lowest BCUT2D eigenvalue weighted by molar-refractivity contribution is -0.138. The van der Waals surface area contributed by atoms with Crippen LogP contribution in [0, 0.1) is 9.39 Å². The number of halogens is 3. The van der Waals surface area contributed by atoms with Crippen molar-refractivity contribution in [2.24, 2.45) is 4.99 Å². The van der Waals surface area contributed by atoms with Gasteiger partial charge in [-0.15, -0.1) is 0 Å². The Kier molecular flexibility index (Phi) is 9.90. The Hall–Kier alpha value is -4.26. The first-order valence-electron chi connectivity index (χ1n) is 14.6. The van der Waals surface area contributed by atoms with Crippen molar-refractivity contribution in [2.45, 2.75) is 19.6 Å². The van der Waals surface area contributed by atoms with Gasteiger partial charge in [0.1, 0.15) is 12.4 Å². The number of benzene rings is 4. The molecule has 2 heterocycles. The first-order valence-corrected chi connectivity index (χ1v) is 16.8. The Bertz CT molecular complexity index is 2180. The molecule has 4 aromatic carbocycles. The highest BCUT2D eigenvalue weighted by Gasteiger charge is 2.35. The van der Waals surface area contributed by atoms with E-state index < -0.39 is 17.8 Å². The van der Waals surface area contributed by atoms with E-state index >= 15 is 0 Å². The van der Waals surface area contributed by atoms with E-state index in [1.807, 2.05) is 54.6 Å². The highest BCUT2D eigenvalue weighted by Crippen LogP contribution is 2.36. The van der Waals surface area contributed by atoms with Crippen LogP contribution < -0.4 is 24.4 Å². The molecule has 0 fully saturated rings. The van der Waals surface area contributed by atoms with E-state index in [1.54, 1.807) is 44.4 Å². The number of nitrogens with zero attached hydrogens (tertiary/aromatic N) is 2. The fraction of sp³-hybridized carbons (Fsp3) is 0.139. The van der Waals surface area contributed by atoms with E-state index in [0.29, 0.717) is 54.8 Å². The van der Waals surface area contributed by atoms with Gasteiger partial charge in [-0.2, -0.15) is 0 Å². The molecule has 1 aromatic heterocycles. The van der Waals surface area contributed by atoms with Crippen LogP contribution in [0.3, 0.4) is 0 Å². The van der Waals surface area contributed by atoms with Gasteiger partial charge in [0.25, 0.3) is 5.56 Å². The van der Waals surface area contributed by atoms with Crippen molar-refractivity contribution >= 4 is 63.3 Å². The van der Waals surface area contributed by atoms with Gasteiger partial charge in [-0.3, -0.25) is 9.36 Å². The quantitative estimate of drug-likeness (QED) is 0.120. The summed E-state index contributed by atoms with van der Waals surface area (Å²) in [4.78, 5) is 33.0. The van der Waals surface area contributed by atoms with Gasteiger partial charge in [0, 0.05) is 10.6 Å². The maximum atomic E-state index is 14.2. The van der Waals surface area contributed by atoms with Gasteiger partial charge in [-0.1, -0.05) is 77.5 Å². The topological polar surface area (TPSA) is 79.1 Å². The van der Waals surface area contributed by atoms with Crippen molar-refractivity contribution in [1.82, 2.24) is 4.57 Å². The van der Waals surface area contributed by atoms with E-state index in [1.165, 1.54) is 28.0 Å². The van der Waals surface area contributed by atoms with E-state index in [9.17, 15) is 14.0 Å². The molecule has 7 nitrogen and oxygen atoms in total. The molecule has 1 aliphatic rings. The number of esters is 1. The van der Waals surface area contributed by atoms with Crippen LogP contribution in [0.25, 0.3) is 11.8 Å². The normalized spacial score (nSPS) is 14.4. The molecule has 0 bridgehead atoms. The molecule has 0 unspecified atom stereocenters. The smallest absolute Gasteiger partial charge is 0.338 e. The number of hydrogen-bond donors (Lipinski definition) is 0. The molecule has 1 aliphatic heterocycles. The van der Waals surface area contributed by atoms with Gasteiger partial charge in [0.2, 0.25) is 0 Å². The Morgan fingerprint density at radius 1 is 1.06 bits per heavy atom. The first kappa shape index (κ1) is 32.7. The van der Waals surface area contributed by atoms with Gasteiger partial charge < -0.3 is 14.2 Å². The molecule has 47 heavy (non-hydrogen) atoms. The fourth-order valence-electron chi connectivity index (χ4n) is 5.30. The van der Waals surface area contributed by atoms with E-state index in [0.717, 1.165) is 9.13 Å². The summed E-state index contributed by atoms with van der Waals surface area (Å²) >= 11 is 9.50. The predicted octanol–water partition coefficient (Wildman–Crippen LogP) is 6.92. The summed E-state index contributed by atoms with van der Waals surface area (Å²) in [5.74, 6) is 0.0219.